The summed E-state index contributed by atoms with van der Waals surface area (Å²) in [5, 5.41) is 0. The highest BCUT2D eigenvalue weighted by molar-refractivity contribution is 5.67. The van der Waals surface area contributed by atoms with Gasteiger partial charge in [-0.3, -0.25) is 0 Å². The lowest BCUT2D eigenvalue weighted by Gasteiger charge is -2.24. The molecular formula is C12H26N2O2. The monoisotopic (exact) mass is 230 g/mol. The predicted molar refractivity (Wildman–Crippen MR) is 66.4 cm³/mol. The molecule has 0 unspecified atom stereocenters. The molecule has 0 aliphatic carbocycles. The van der Waals surface area contributed by atoms with Crippen molar-refractivity contribution in [1.82, 2.24) is 4.90 Å². The minimum atomic E-state index is -0.412. The summed E-state index contributed by atoms with van der Waals surface area (Å²) >= 11 is 0. The van der Waals surface area contributed by atoms with Crippen molar-refractivity contribution in [2.24, 2.45) is 5.73 Å². The van der Waals surface area contributed by atoms with Crippen LogP contribution < -0.4 is 5.73 Å². The van der Waals surface area contributed by atoms with Gasteiger partial charge in [-0.1, -0.05) is 12.8 Å². The molecule has 0 radical (unpaired) electrons. The summed E-state index contributed by atoms with van der Waals surface area (Å²) in [4.78, 5) is 13.2. The third kappa shape index (κ3) is 8.53. The third-order valence-corrected chi connectivity index (χ3v) is 2.15. The topological polar surface area (TPSA) is 55.6 Å². The number of nitrogens with two attached hydrogens (primary N) is 1. The quantitative estimate of drug-likeness (QED) is 0.713. The molecule has 0 saturated carbocycles. The second-order valence-electron chi connectivity index (χ2n) is 5.10. The van der Waals surface area contributed by atoms with Crippen LogP contribution in [0.3, 0.4) is 0 Å². The van der Waals surface area contributed by atoms with Gasteiger partial charge in [0.15, 0.2) is 0 Å². The fourth-order valence-corrected chi connectivity index (χ4v) is 1.28. The number of ether oxygens (including phenoxy) is 1. The normalized spacial score (nSPS) is 11.3. The Kier molecular flexibility index (Phi) is 7.13. The molecule has 2 N–H and O–H groups in total. The average Bonchev–Trinajstić information content (AvgIpc) is 2.14. The van der Waals surface area contributed by atoms with Gasteiger partial charge >= 0.3 is 6.09 Å². The molecule has 0 aromatic heterocycles. The number of carbonyl (C=O) groups is 1. The van der Waals surface area contributed by atoms with Crippen LogP contribution in [-0.4, -0.2) is 36.7 Å². The molecule has 0 aromatic rings. The molecule has 1 amide bonds. The maximum Gasteiger partial charge on any atom is 0.410 e. The van der Waals surface area contributed by atoms with Crippen LogP contribution >= 0.6 is 0 Å². The van der Waals surface area contributed by atoms with E-state index in [9.17, 15) is 4.79 Å². The van der Waals surface area contributed by atoms with Crippen molar-refractivity contribution < 1.29 is 9.53 Å². The first kappa shape index (κ1) is 15.2. The van der Waals surface area contributed by atoms with Crippen LogP contribution in [-0.2, 0) is 4.74 Å². The highest BCUT2D eigenvalue weighted by Gasteiger charge is 2.18. The van der Waals surface area contributed by atoms with Crippen LogP contribution in [0.5, 0.6) is 0 Å². The van der Waals surface area contributed by atoms with E-state index in [-0.39, 0.29) is 6.09 Å². The Morgan fingerprint density at radius 2 is 1.75 bits per heavy atom. The number of rotatable bonds is 6. The standard InChI is InChI=1S/C12H26N2O2/c1-12(2,3)16-11(15)14(4)10-8-6-5-7-9-13/h5-10,13H2,1-4H3. The lowest BCUT2D eigenvalue weighted by molar-refractivity contribution is 0.0296. The Labute approximate surface area is 99.1 Å². The van der Waals surface area contributed by atoms with Crippen LogP contribution in [0, 0.1) is 0 Å². The van der Waals surface area contributed by atoms with E-state index < -0.39 is 5.60 Å². The molecule has 0 heterocycles. The van der Waals surface area contributed by atoms with E-state index >= 15 is 0 Å². The van der Waals surface area contributed by atoms with Crippen LogP contribution in [0.1, 0.15) is 46.5 Å². The Morgan fingerprint density at radius 1 is 1.19 bits per heavy atom. The van der Waals surface area contributed by atoms with Crippen LogP contribution in [0.15, 0.2) is 0 Å². The molecular weight excluding hydrogens is 204 g/mol. The van der Waals surface area contributed by atoms with Gasteiger partial charge in [0.1, 0.15) is 5.60 Å². The zero-order valence-electron chi connectivity index (χ0n) is 11.1. The average molecular weight is 230 g/mol. The summed E-state index contributed by atoms with van der Waals surface area (Å²) in [6, 6.07) is 0. The first-order valence-electron chi connectivity index (χ1n) is 6.01. The second-order valence-corrected chi connectivity index (χ2v) is 5.10. The van der Waals surface area contributed by atoms with E-state index in [2.05, 4.69) is 0 Å². The highest BCUT2D eigenvalue weighted by Crippen LogP contribution is 2.09. The molecule has 0 rings (SSSR count). The molecule has 0 atom stereocenters. The van der Waals surface area contributed by atoms with Crippen molar-refractivity contribution in [2.75, 3.05) is 20.1 Å². The van der Waals surface area contributed by atoms with E-state index in [0.717, 1.165) is 38.8 Å². The Balaban J connectivity index is 3.64. The zero-order valence-corrected chi connectivity index (χ0v) is 11.1. The number of carbonyl (C=O) groups excluding carboxylic acids is 1. The van der Waals surface area contributed by atoms with Crippen LogP contribution in [0.25, 0.3) is 0 Å². The lowest BCUT2D eigenvalue weighted by atomic mass is 10.2. The summed E-state index contributed by atoms with van der Waals surface area (Å²) in [5.74, 6) is 0. The van der Waals surface area contributed by atoms with E-state index in [1.165, 1.54) is 0 Å². The van der Waals surface area contributed by atoms with E-state index in [1.807, 2.05) is 20.8 Å². The van der Waals surface area contributed by atoms with Gasteiger partial charge in [0.05, 0.1) is 0 Å². The van der Waals surface area contributed by atoms with Gasteiger partial charge in [0.2, 0.25) is 0 Å². The number of unbranched alkanes of at least 4 members (excludes halogenated alkanes) is 3. The van der Waals surface area contributed by atoms with Crippen molar-refractivity contribution in [3.8, 4) is 0 Å². The predicted octanol–water partition coefficient (Wildman–Crippen LogP) is 2.37. The Hall–Kier alpha value is -0.770. The van der Waals surface area contributed by atoms with E-state index in [0.29, 0.717) is 0 Å². The third-order valence-electron chi connectivity index (χ3n) is 2.15. The van der Waals surface area contributed by atoms with E-state index in [4.69, 9.17) is 10.5 Å². The van der Waals surface area contributed by atoms with Gasteiger partial charge in [-0.15, -0.1) is 0 Å². The molecule has 0 spiro atoms. The summed E-state index contributed by atoms with van der Waals surface area (Å²) in [6.45, 7) is 7.13. The van der Waals surface area contributed by atoms with Crippen molar-refractivity contribution >= 4 is 6.09 Å². The van der Waals surface area contributed by atoms with Gasteiger partial charge < -0.3 is 15.4 Å². The van der Waals surface area contributed by atoms with Gasteiger partial charge in [-0.05, 0) is 40.2 Å². The van der Waals surface area contributed by atoms with Gasteiger partial charge in [0, 0.05) is 13.6 Å². The van der Waals surface area contributed by atoms with Crippen molar-refractivity contribution in [1.29, 1.82) is 0 Å². The minimum absolute atomic E-state index is 0.244. The molecule has 0 aromatic carbocycles. The first-order chi connectivity index (χ1) is 7.37. The molecule has 0 fully saturated rings. The molecule has 4 nitrogen and oxygen atoms in total. The molecule has 0 aliphatic rings. The number of hydrogen-bond acceptors (Lipinski definition) is 3. The summed E-state index contributed by atoms with van der Waals surface area (Å²) in [6.07, 6.45) is 4.08. The van der Waals surface area contributed by atoms with Crippen LogP contribution in [0.4, 0.5) is 4.79 Å². The van der Waals surface area contributed by atoms with E-state index in [1.54, 1.807) is 11.9 Å². The summed E-state index contributed by atoms with van der Waals surface area (Å²) in [7, 11) is 1.77. The molecule has 4 heteroatoms. The van der Waals surface area contributed by atoms with Crippen molar-refractivity contribution in [2.45, 2.75) is 52.1 Å². The molecule has 0 bridgehead atoms. The van der Waals surface area contributed by atoms with Gasteiger partial charge in [-0.25, -0.2) is 4.79 Å². The molecule has 96 valence electrons. The maximum absolute atomic E-state index is 11.6. The fourth-order valence-electron chi connectivity index (χ4n) is 1.28. The molecule has 0 aliphatic heterocycles. The fraction of sp³-hybridized carbons (Fsp3) is 0.917. The van der Waals surface area contributed by atoms with Crippen LogP contribution in [0.2, 0.25) is 0 Å². The molecule has 0 saturated heterocycles. The van der Waals surface area contributed by atoms with Gasteiger partial charge in [-0.2, -0.15) is 0 Å². The zero-order chi connectivity index (χ0) is 12.6. The Morgan fingerprint density at radius 3 is 2.25 bits per heavy atom. The smallest absolute Gasteiger partial charge is 0.410 e. The Bertz CT molecular complexity index is 200. The maximum atomic E-state index is 11.6. The van der Waals surface area contributed by atoms with Gasteiger partial charge in [0.25, 0.3) is 0 Å². The number of amides is 1. The summed E-state index contributed by atoms with van der Waals surface area (Å²) < 4.78 is 5.24. The highest BCUT2D eigenvalue weighted by atomic mass is 16.6. The second kappa shape index (κ2) is 7.49. The van der Waals surface area contributed by atoms with Crippen molar-refractivity contribution in [3.05, 3.63) is 0 Å². The number of hydrogen-bond donors (Lipinski definition) is 1. The lowest BCUT2D eigenvalue weighted by Crippen LogP contribution is -2.34. The number of nitrogens with zero attached hydrogens (tertiary/aromatic N) is 1. The molecule has 16 heavy (non-hydrogen) atoms. The minimum Gasteiger partial charge on any atom is -0.444 e. The SMILES string of the molecule is CN(CCCCCCN)C(=O)OC(C)(C)C. The van der Waals surface area contributed by atoms with Crippen molar-refractivity contribution in [3.63, 3.8) is 0 Å². The summed E-state index contributed by atoms with van der Waals surface area (Å²) in [5.41, 5.74) is 4.99. The largest absolute Gasteiger partial charge is 0.444 e. The first-order valence-corrected chi connectivity index (χ1v) is 6.01.